The average Bonchev–Trinajstić information content (AvgIpc) is 2.48. The van der Waals surface area contributed by atoms with E-state index in [9.17, 15) is 0 Å². The van der Waals surface area contributed by atoms with Crippen molar-refractivity contribution in [1.82, 2.24) is 9.97 Å². The number of aromatic nitrogens is 2. The zero-order valence-corrected chi connectivity index (χ0v) is 12.4. The minimum absolute atomic E-state index is 0.552. The molecule has 20 heavy (non-hydrogen) atoms. The van der Waals surface area contributed by atoms with E-state index in [0.29, 0.717) is 28.0 Å². The molecule has 0 aliphatic heterocycles. The number of anilines is 1. The van der Waals surface area contributed by atoms with Crippen LogP contribution in [0, 0.1) is 0 Å². The smallest absolute Gasteiger partial charge is 0.187 e. The Hall–Kier alpha value is -2.01. The number of hydrogen-bond acceptors (Lipinski definition) is 5. The van der Waals surface area contributed by atoms with E-state index in [2.05, 4.69) is 15.3 Å². The number of nitrogens with zero attached hydrogens (tertiary/aromatic N) is 2. The van der Waals surface area contributed by atoms with E-state index in [4.69, 9.17) is 21.1 Å². The molecule has 0 spiro atoms. The summed E-state index contributed by atoms with van der Waals surface area (Å²) in [5.74, 6) is 1.85. The first-order valence-corrected chi connectivity index (χ1v) is 6.55. The van der Waals surface area contributed by atoms with Crippen molar-refractivity contribution in [2.24, 2.45) is 0 Å². The molecule has 1 N–H and O–H groups in total. The Bertz CT molecular complexity index is 605. The molecule has 0 aliphatic carbocycles. The molecule has 0 unspecified atom stereocenters. The van der Waals surface area contributed by atoms with E-state index in [1.54, 1.807) is 20.3 Å². The van der Waals surface area contributed by atoms with Gasteiger partial charge in [-0.3, -0.25) is 0 Å². The van der Waals surface area contributed by atoms with E-state index < -0.39 is 0 Å². The van der Waals surface area contributed by atoms with E-state index >= 15 is 0 Å². The van der Waals surface area contributed by atoms with Crippen LogP contribution in [0.2, 0.25) is 5.02 Å². The van der Waals surface area contributed by atoms with Gasteiger partial charge in [-0.15, -0.1) is 0 Å². The molecule has 0 saturated carbocycles. The van der Waals surface area contributed by atoms with E-state index in [1.807, 2.05) is 19.1 Å². The zero-order valence-electron chi connectivity index (χ0n) is 11.6. The molecule has 0 fully saturated rings. The highest BCUT2D eigenvalue weighted by molar-refractivity contribution is 6.32. The van der Waals surface area contributed by atoms with Gasteiger partial charge in [0.25, 0.3) is 0 Å². The number of rotatable bonds is 5. The summed E-state index contributed by atoms with van der Waals surface area (Å²) >= 11 is 6.04. The summed E-state index contributed by atoms with van der Waals surface area (Å²) in [5, 5.41) is 3.70. The lowest BCUT2D eigenvalue weighted by Gasteiger charge is -2.13. The molecule has 0 aliphatic rings. The van der Waals surface area contributed by atoms with Crippen molar-refractivity contribution >= 4 is 17.4 Å². The first-order valence-electron chi connectivity index (χ1n) is 6.18. The maximum atomic E-state index is 6.04. The lowest BCUT2D eigenvalue weighted by molar-refractivity contribution is 0.413. The van der Waals surface area contributed by atoms with Crippen LogP contribution < -0.4 is 14.8 Å². The first kappa shape index (κ1) is 14.4. The number of nitrogens with one attached hydrogen (secondary N) is 1. The predicted octanol–water partition coefficient (Wildman–Crippen LogP) is 3.25. The van der Waals surface area contributed by atoms with Crippen LogP contribution in [-0.4, -0.2) is 30.7 Å². The molecule has 0 amide bonds. The van der Waals surface area contributed by atoms with Gasteiger partial charge in [0.15, 0.2) is 11.6 Å². The highest BCUT2D eigenvalue weighted by Gasteiger charge is 2.14. The van der Waals surface area contributed by atoms with Gasteiger partial charge in [-0.05, 0) is 19.1 Å². The van der Waals surface area contributed by atoms with Crippen molar-refractivity contribution in [1.29, 1.82) is 0 Å². The lowest BCUT2D eigenvalue weighted by Crippen LogP contribution is -2.04. The number of methoxy groups -OCH3 is 2. The van der Waals surface area contributed by atoms with Gasteiger partial charge in [0, 0.05) is 12.1 Å². The van der Waals surface area contributed by atoms with Crippen molar-refractivity contribution in [3.05, 3.63) is 29.5 Å². The molecular weight excluding hydrogens is 278 g/mol. The van der Waals surface area contributed by atoms with Gasteiger partial charge in [0.05, 0.1) is 19.2 Å². The van der Waals surface area contributed by atoms with Crippen molar-refractivity contribution in [2.75, 3.05) is 26.1 Å². The van der Waals surface area contributed by atoms with E-state index in [1.165, 1.54) is 6.33 Å². The summed E-state index contributed by atoms with van der Waals surface area (Å²) in [6.45, 7) is 2.74. The maximum Gasteiger partial charge on any atom is 0.187 e. The SMILES string of the molecule is CCNc1ncnc(-c2ccc(Cl)c(OC)c2)c1OC. The molecular formula is C14H16ClN3O2. The molecule has 0 atom stereocenters. The summed E-state index contributed by atoms with van der Waals surface area (Å²) in [6, 6.07) is 5.46. The van der Waals surface area contributed by atoms with Crippen LogP contribution in [0.4, 0.5) is 5.82 Å². The van der Waals surface area contributed by atoms with Gasteiger partial charge in [-0.1, -0.05) is 17.7 Å². The average molecular weight is 294 g/mol. The first-order chi connectivity index (χ1) is 9.71. The fourth-order valence-electron chi connectivity index (χ4n) is 1.87. The number of hydrogen-bond donors (Lipinski definition) is 1. The van der Waals surface area contributed by atoms with E-state index in [-0.39, 0.29) is 0 Å². The normalized spacial score (nSPS) is 10.2. The molecule has 1 aromatic heterocycles. The summed E-state index contributed by atoms with van der Waals surface area (Å²) in [5.41, 5.74) is 1.54. The Morgan fingerprint density at radius 2 is 2.00 bits per heavy atom. The highest BCUT2D eigenvalue weighted by atomic mass is 35.5. The van der Waals surface area contributed by atoms with Gasteiger partial charge < -0.3 is 14.8 Å². The Balaban J connectivity index is 2.54. The molecule has 0 saturated heterocycles. The number of halogens is 1. The predicted molar refractivity (Wildman–Crippen MR) is 79.7 cm³/mol. The molecule has 1 aromatic carbocycles. The monoisotopic (exact) mass is 293 g/mol. The molecule has 0 bridgehead atoms. The summed E-state index contributed by atoms with van der Waals surface area (Å²) in [6.07, 6.45) is 1.50. The molecule has 2 aromatic rings. The van der Waals surface area contributed by atoms with Gasteiger partial charge in [-0.25, -0.2) is 9.97 Å². The standard InChI is InChI=1S/C14H16ClN3O2/c1-4-16-14-13(20-3)12(17-8-18-14)9-5-6-10(15)11(7-9)19-2/h5-8H,4H2,1-3H3,(H,16,17,18). The number of ether oxygens (including phenoxy) is 2. The molecule has 1 heterocycles. The van der Waals surface area contributed by atoms with Crippen LogP contribution in [-0.2, 0) is 0 Å². The zero-order chi connectivity index (χ0) is 14.5. The van der Waals surface area contributed by atoms with Gasteiger partial charge in [-0.2, -0.15) is 0 Å². The van der Waals surface area contributed by atoms with E-state index in [0.717, 1.165) is 12.1 Å². The fraction of sp³-hybridized carbons (Fsp3) is 0.286. The fourth-order valence-corrected chi connectivity index (χ4v) is 2.07. The maximum absolute atomic E-state index is 6.04. The van der Waals surface area contributed by atoms with Crippen LogP contribution in [0.1, 0.15) is 6.92 Å². The van der Waals surface area contributed by atoms with Crippen LogP contribution in [0.3, 0.4) is 0 Å². The van der Waals surface area contributed by atoms with Crippen molar-refractivity contribution in [3.63, 3.8) is 0 Å². The van der Waals surface area contributed by atoms with Crippen LogP contribution in [0.25, 0.3) is 11.3 Å². The number of benzene rings is 1. The minimum Gasteiger partial charge on any atom is -0.495 e. The second kappa shape index (κ2) is 6.43. The molecule has 106 valence electrons. The van der Waals surface area contributed by atoms with Crippen molar-refractivity contribution < 1.29 is 9.47 Å². The third-order valence-corrected chi connectivity index (χ3v) is 3.09. The summed E-state index contributed by atoms with van der Waals surface area (Å²) in [7, 11) is 3.17. The molecule has 5 nitrogen and oxygen atoms in total. The minimum atomic E-state index is 0.552. The third kappa shape index (κ3) is 2.77. The molecule has 2 rings (SSSR count). The van der Waals surface area contributed by atoms with Crippen LogP contribution >= 0.6 is 11.6 Å². The molecule has 6 heteroatoms. The van der Waals surface area contributed by atoms with Gasteiger partial charge in [0.2, 0.25) is 0 Å². The second-order valence-corrected chi connectivity index (χ2v) is 4.39. The molecule has 0 radical (unpaired) electrons. The Labute approximate surface area is 122 Å². The van der Waals surface area contributed by atoms with Gasteiger partial charge >= 0.3 is 0 Å². The van der Waals surface area contributed by atoms with Gasteiger partial charge in [0.1, 0.15) is 17.8 Å². The Kier molecular flexibility index (Phi) is 4.63. The van der Waals surface area contributed by atoms with Crippen LogP contribution in [0.15, 0.2) is 24.5 Å². The highest BCUT2D eigenvalue weighted by Crippen LogP contribution is 2.36. The van der Waals surface area contributed by atoms with Crippen molar-refractivity contribution in [2.45, 2.75) is 6.92 Å². The topological polar surface area (TPSA) is 56.3 Å². The lowest BCUT2D eigenvalue weighted by atomic mass is 10.1. The Morgan fingerprint density at radius 1 is 1.20 bits per heavy atom. The quantitative estimate of drug-likeness (QED) is 0.917. The largest absolute Gasteiger partial charge is 0.495 e. The van der Waals surface area contributed by atoms with Crippen LogP contribution in [0.5, 0.6) is 11.5 Å². The second-order valence-electron chi connectivity index (χ2n) is 3.98. The van der Waals surface area contributed by atoms with Crippen molar-refractivity contribution in [3.8, 4) is 22.8 Å². The summed E-state index contributed by atoms with van der Waals surface area (Å²) < 4.78 is 10.7. The summed E-state index contributed by atoms with van der Waals surface area (Å²) in [4.78, 5) is 8.47. The Morgan fingerprint density at radius 3 is 2.65 bits per heavy atom. The third-order valence-electron chi connectivity index (χ3n) is 2.78.